The summed E-state index contributed by atoms with van der Waals surface area (Å²) in [6, 6.07) is 8.17. The number of amides is 1. The van der Waals surface area contributed by atoms with Crippen LogP contribution in [-0.2, 0) is 4.74 Å². The number of benzene rings is 1. The van der Waals surface area contributed by atoms with Crippen LogP contribution in [0.15, 0.2) is 30.3 Å². The van der Waals surface area contributed by atoms with Gasteiger partial charge in [-0.25, -0.2) is 4.79 Å². The van der Waals surface area contributed by atoms with Gasteiger partial charge in [0.2, 0.25) is 0 Å². The van der Waals surface area contributed by atoms with E-state index in [1.807, 2.05) is 52.0 Å². The van der Waals surface area contributed by atoms with E-state index in [9.17, 15) is 4.79 Å². The molecule has 21 heavy (non-hydrogen) atoms. The summed E-state index contributed by atoms with van der Waals surface area (Å²) >= 11 is 0. The fourth-order valence-corrected chi connectivity index (χ4v) is 2.15. The van der Waals surface area contributed by atoms with Crippen molar-refractivity contribution in [1.82, 2.24) is 10.3 Å². The van der Waals surface area contributed by atoms with E-state index < -0.39 is 11.7 Å². The summed E-state index contributed by atoms with van der Waals surface area (Å²) in [5.74, 6) is 0. The number of hydrogen-bond donors (Lipinski definition) is 2. The van der Waals surface area contributed by atoms with Crippen molar-refractivity contribution in [3.63, 3.8) is 0 Å². The molecule has 2 rings (SSSR count). The van der Waals surface area contributed by atoms with Crippen molar-refractivity contribution in [3.8, 4) is 0 Å². The molecule has 1 aromatic heterocycles. The van der Waals surface area contributed by atoms with E-state index >= 15 is 0 Å². The topological polar surface area (TPSA) is 54.1 Å². The lowest BCUT2D eigenvalue weighted by molar-refractivity contribution is 0.0534. The number of aryl methyl sites for hydroxylation is 1. The molecule has 0 saturated heterocycles. The summed E-state index contributed by atoms with van der Waals surface area (Å²) in [4.78, 5) is 14.9. The van der Waals surface area contributed by atoms with Crippen LogP contribution >= 0.6 is 0 Å². The molecule has 0 atom stereocenters. The van der Waals surface area contributed by atoms with E-state index in [0.29, 0.717) is 6.54 Å². The lowest BCUT2D eigenvalue weighted by Crippen LogP contribution is -2.32. The maximum atomic E-state index is 11.5. The third kappa shape index (κ3) is 4.12. The van der Waals surface area contributed by atoms with Gasteiger partial charge in [0.1, 0.15) is 5.60 Å². The number of hydrogen-bond acceptors (Lipinski definition) is 2. The largest absolute Gasteiger partial charge is 0.444 e. The second-order valence-corrected chi connectivity index (χ2v) is 5.99. The van der Waals surface area contributed by atoms with Crippen molar-refractivity contribution < 1.29 is 9.53 Å². The van der Waals surface area contributed by atoms with Gasteiger partial charge < -0.3 is 15.0 Å². The minimum absolute atomic E-state index is 0.400. The maximum absolute atomic E-state index is 11.5. The Morgan fingerprint density at radius 1 is 1.33 bits per heavy atom. The summed E-state index contributed by atoms with van der Waals surface area (Å²) in [6.07, 6.45) is 3.54. The van der Waals surface area contributed by atoms with Crippen LogP contribution in [0.25, 0.3) is 17.0 Å². The van der Waals surface area contributed by atoms with Crippen LogP contribution in [0.2, 0.25) is 0 Å². The van der Waals surface area contributed by atoms with E-state index in [-0.39, 0.29) is 0 Å². The van der Waals surface area contributed by atoms with E-state index in [4.69, 9.17) is 4.74 Å². The average molecular weight is 286 g/mol. The molecular formula is C17H22N2O2. The van der Waals surface area contributed by atoms with Gasteiger partial charge in [0.15, 0.2) is 0 Å². The van der Waals surface area contributed by atoms with Crippen molar-refractivity contribution in [2.45, 2.75) is 33.3 Å². The Hall–Kier alpha value is -2.23. The molecule has 0 unspecified atom stereocenters. The molecule has 2 N–H and O–H groups in total. The molecule has 4 nitrogen and oxygen atoms in total. The zero-order valence-corrected chi connectivity index (χ0v) is 13.0. The van der Waals surface area contributed by atoms with Gasteiger partial charge in [-0.2, -0.15) is 0 Å². The van der Waals surface area contributed by atoms with Gasteiger partial charge in [-0.3, -0.25) is 0 Å². The van der Waals surface area contributed by atoms with Gasteiger partial charge in [-0.15, -0.1) is 0 Å². The number of aromatic amines is 1. The normalized spacial score (nSPS) is 12.0. The van der Waals surface area contributed by atoms with Crippen LogP contribution in [0.5, 0.6) is 0 Å². The second-order valence-electron chi connectivity index (χ2n) is 5.99. The number of carbonyl (C=O) groups excluding carboxylic acids is 1. The molecule has 1 heterocycles. The molecule has 0 bridgehead atoms. The number of rotatable bonds is 3. The first-order valence-corrected chi connectivity index (χ1v) is 7.07. The first-order valence-electron chi connectivity index (χ1n) is 7.07. The quantitative estimate of drug-likeness (QED) is 0.895. The third-order valence-corrected chi connectivity index (χ3v) is 2.99. The number of H-pyrrole nitrogens is 1. The molecule has 2 aromatic rings. The molecule has 0 aliphatic heterocycles. The Morgan fingerprint density at radius 2 is 2.05 bits per heavy atom. The zero-order chi connectivity index (χ0) is 15.5. The highest BCUT2D eigenvalue weighted by Crippen LogP contribution is 2.22. The van der Waals surface area contributed by atoms with E-state index in [1.165, 1.54) is 5.39 Å². The molecule has 0 aliphatic rings. The van der Waals surface area contributed by atoms with Crippen LogP contribution in [0, 0.1) is 6.92 Å². The highest BCUT2D eigenvalue weighted by atomic mass is 16.6. The van der Waals surface area contributed by atoms with Crippen molar-refractivity contribution in [2.75, 3.05) is 6.54 Å². The van der Waals surface area contributed by atoms with Crippen molar-refractivity contribution in [1.29, 1.82) is 0 Å². The lowest BCUT2D eigenvalue weighted by Gasteiger charge is -2.19. The monoisotopic (exact) mass is 286 g/mol. The van der Waals surface area contributed by atoms with E-state index in [0.717, 1.165) is 16.8 Å². The van der Waals surface area contributed by atoms with Crippen LogP contribution in [-0.4, -0.2) is 23.2 Å². The predicted octanol–water partition coefficient (Wildman–Crippen LogP) is 4.01. The molecule has 0 aliphatic carbocycles. The van der Waals surface area contributed by atoms with Crippen LogP contribution < -0.4 is 5.32 Å². The van der Waals surface area contributed by atoms with Gasteiger partial charge in [0.25, 0.3) is 0 Å². The first kappa shape index (κ1) is 15.2. The highest BCUT2D eigenvalue weighted by Gasteiger charge is 2.15. The highest BCUT2D eigenvalue weighted by molar-refractivity contribution is 5.90. The maximum Gasteiger partial charge on any atom is 0.407 e. The number of para-hydroxylation sites is 1. The molecular weight excluding hydrogens is 264 g/mol. The summed E-state index contributed by atoms with van der Waals surface area (Å²) in [6.45, 7) is 8.02. The third-order valence-electron chi connectivity index (χ3n) is 2.99. The van der Waals surface area contributed by atoms with Crippen molar-refractivity contribution in [3.05, 3.63) is 41.6 Å². The first-order chi connectivity index (χ1) is 9.87. The number of alkyl carbamates (subject to hydrolysis) is 1. The Balaban J connectivity index is 1.98. The Morgan fingerprint density at radius 3 is 2.76 bits per heavy atom. The number of ether oxygens (including phenoxy) is 1. The molecule has 1 aromatic carbocycles. The average Bonchev–Trinajstić information content (AvgIpc) is 2.68. The van der Waals surface area contributed by atoms with Gasteiger partial charge >= 0.3 is 6.09 Å². The van der Waals surface area contributed by atoms with E-state index in [2.05, 4.69) is 22.4 Å². The molecule has 4 heteroatoms. The number of nitrogens with one attached hydrogen (secondary N) is 2. The summed E-state index contributed by atoms with van der Waals surface area (Å²) in [5, 5.41) is 3.89. The minimum Gasteiger partial charge on any atom is -0.444 e. The number of aromatic nitrogens is 1. The Labute approximate surface area is 125 Å². The summed E-state index contributed by atoms with van der Waals surface area (Å²) < 4.78 is 5.18. The van der Waals surface area contributed by atoms with Crippen LogP contribution in [0.4, 0.5) is 4.79 Å². The number of fused-ring (bicyclic) bond motifs is 1. The molecule has 1 amide bonds. The molecule has 112 valence electrons. The van der Waals surface area contributed by atoms with Gasteiger partial charge in [0.05, 0.1) is 0 Å². The SMILES string of the molecule is Cc1[nH]c2ccccc2c1C=CCNC(=O)OC(C)(C)C. The lowest BCUT2D eigenvalue weighted by atomic mass is 10.1. The smallest absolute Gasteiger partial charge is 0.407 e. The van der Waals surface area contributed by atoms with Crippen molar-refractivity contribution in [2.24, 2.45) is 0 Å². The minimum atomic E-state index is -0.471. The standard InChI is InChI=1S/C17H22N2O2/c1-12-13(14-8-5-6-10-15(14)19-12)9-7-11-18-16(20)21-17(2,3)4/h5-10,19H,11H2,1-4H3,(H,18,20). The predicted molar refractivity (Wildman–Crippen MR) is 86.3 cm³/mol. The van der Waals surface area contributed by atoms with Gasteiger partial charge in [-0.05, 0) is 33.8 Å². The Bertz CT molecular complexity index is 663. The zero-order valence-electron chi connectivity index (χ0n) is 13.0. The van der Waals surface area contributed by atoms with Crippen molar-refractivity contribution >= 4 is 23.1 Å². The van der Waals surface area contributed by atoms with Crippen LogP contribution in [0.3, 0.4) is 0 Å². The molecule has 0 fully saturated rings. The van der Waals surface area contributed by atoms with E-state index in [1.54, 1.807) is 0 Å². The van der Waals surface area contributed by atoms with Crippen LogP contribution in [0.1, 0.15) is 32.0 Å². The fourth-order valence-electron chi connectivity index (χ4n) is 2.15. The molecule has 0 radical (unpaired) electrons. The summed E-state index contributed by atoms with van der Waals surface area (Å²) in [5.41, 5.74) is 2.91. The number of carbonyl (C=O) groups is 1. The summed E-state index contributed by atoms with van der Waals surface area (Å²) in [7, 11) is 0. The van der Waals surface area contributed by atoms with Gasteiger partial charge in [0, 0.05) is 28.7 Å². The van der Waals surface area contributed by atoms with Gasteiger partial charge in [-0.1, -0.05) is 30.4 Å². The molecule has 0 saturated carbocycles. The molecule has 0 spiro atoms. The second kappa shape index (κ2) is 6.04. The fraction of sp³-hybridized carbons (Fsp3) is 0.353. The Kier molecular flexibility index (Phi) is 4.36.